The van der Waals surface area contributed by atoms with E-state index in [9.17, 15) is 4.79 Å². The molecule has 0 bridgehead atoms. The molecule has 3 aromatic rings. The Morgan fingerprint density at radius 3 is 2.86 bits per heavy atom. The quantitative estimate of drug-likeness (QED) is 0.727. The number of carbonyl (C=O) groups is 1. The van der Waals surface area contributed by atoms with Crippen molar-refractivity contribution in [3.8, 4) is 22.9 Å². The van der Waals surface area contributed by atoms with Gasteiger partial charge in [0.2, 0.25) is 5.16 Å². The molecule has 0 aliphatic carbocycles. The van der Waals surface area contributed by atoms with Crippen LogP contribution in [0, 0.1) is 6.92 Å². The van der Waals surface area contributed by atoms with E-state index in [1.807, 2.05) is 32.3 Å². The number of rotatable bonds is 5. The summed E-state index contributed by atoms with van der Waals surface area (Å²) in [6, 6.07) is 3.71. The molecule has 3 heterocycles. The van der Waals surface area contributed by atoms with Crippen molar-refractivity contribution in [3.05, 3.63) is 24.0 Å². The van der Waals surface area contributed by atoms with Crippen molar-refractivity contribution >= 4 is 17.5 Å². The number of ketones is 1. The highest BCUT2D eigenvalue weighted by Gasteiger charge is 2.14. The Bertz CT molecular complexity index is 817. The van der Waals surface area contributed by atoms with E-state index < -0.39 is 0 Å². The van der Waals surface area contributed by atoms with Crippen molar-refractivity contribution in [2.24, 2.45) is 7.05 Å². The fraction of sp³-hybridized carbons (Fsp3) is 0.286. The van der Waals surface area contributed by atoms with Gasteiger partial charge in [-0.05, 0) is 26.0 Å². The molecular formula is C14H15N5O2S. The van der Waals surface area contributed by atoms with Crippen LogP contribution in [0.15, 0.2) is 27.9 Å². The second-order valence-corrected chi connectivity index (χ2v) is 5.87. The minimum atomic E-state index is 0.0867. The highest BCUT2D eigenvalue weighted by molar-refractivity contribution is 7.99. The zero-order valence-electron chi connectivity index (χ0n) is 12.5. The number of furan rings is 1. The van der Waals surface area contributed by atoms with Gasteiger partial charge in [-0.15, -0.1) is 5.10 Å². The number of hydrogen-bond acceptors (Lipinski definition) is 6. The number of aromatic nitrogens is 5. The molecule has 0 radical (unpaired) electrons. The monoisotopic (exact) mass is 317 g/mol. The number of aromatic amines is 1. The molecule has 0 aliphatic rings. The standard InChI is InChI=1S/C14H15N5O2S/c1-8(20)7-22-14-15-13(16-17-14)12-5-4-11(21-12)10-6-19(3)18-9(10)2/h4-6H,7H2,1-3H3,(H,15,16,17). The molecule has 0 amide bonds. The number of hydrogen-bond donors (Lipinski definition) is 1. The largest absolute Gasteiger partial charge is 0.453 e. The molecule has 3 aromatic heterocycles. The second kappa shape index (κ2) is 5.80. The Labute approximate surface area is 131 Å². The van der Waals surface area contributed by atoms with Gasteiger partial charge in [-0.1, -0.05) is 11.8 Å². The Kier molecular flexibility index (Phi) is 3.84. The van der Waals surface area contributed by atoms with Crippen molar-refractivity contribution < 1.29 is 9.21 Å². The third-order valence-corrected chi connectivity index (χ3v) is 3.98. The van der Waals surface area contributed by atoms with Crippen molar-refractivity contribution in [1.82, 2.24) is 25.0 Å². The number of Topliss-reactive ketones (excluding diaryl/α,β-unsaturated/α-hetero) is 1. The number of aryl methyl sites for hydroxylation is 2. The van der Waals surface area contributed by atoms with Crippen molar-refractivity contribution in [3.63, 3.8) is 0 Å². The molecule has 7 nitrogen and oxygen atoms in total. The average Bonchev–Trinajstić information content (AvgIpc) is 3.15. The summed E-state index contributed by atoms with van der Waals surface area (Å²) in [6.07, 6.45) is 1.91. The molecule has 0 atom stereocenters. The molecule has 0 unspecified atom stereocenters. The van der Waals surface area contributed by atoms with E-state index in [4.69, 9.17) is 4.42 Å². The van der Waals surface area contributed by atoms with E-state index in [1.54, 1.807) is 4.68 Å². The molecule has 114 valence electrons. The zero-order valence-corrected chi connectivity index (χ0v) is 13.3. The van der Waals surface area contributed by atoms with Gasteiger partial charge in [0, 0.05) is 13.2 Å². The van der Waals surface area contributed by atoms with Crippen LogP contribution < -0.4 is 0 Å². The maximum atomic E-state index is 11.0. The lowest BCUT2D eigenvalue weighted by molar-refractivity contribution is -0.114. The van der Waals surface area contributed by atoms with Crippen LogP contribution in [-0.4, -0.2) is 36.5 Å². The maximum absolute atomic E-state index is 11.0. The number of nitrogens with zero attached hydrogens (tertiary/aromatic N) is 4. The molecule has 0 fully saturated rings. The zero-order chi connectivity index (χ0) is 15.7. The van der Waals surface area contributed by atoms with Crippen LogP contribution in [-0.2, 0) is 11.8 Å². The lowest BCUT2D eigenvalue weighted by Crippen LogP contribution is -1.93. The fourth-order valence-corrected chi connectivity index (χ4v) is 2.64. The third-order valence-electron chi connectivity index (χ3n) is 2.99. The summed E-state index contributed by atoms with van der Waals surface area (Å²) in [7, 11) is 1.87. The van der Waals surface area contributed by atoms with Crippen molar-refractivity contribution in [1.29, 1.82) is 0 Å². The lowest BCUT2D eigenvalue weighted by atomic mass is 10.2. The summed E-state index contributed by atoms with van der Waals surface area (Å²) in [6.45, 7) is 3.47. The normalized spacial score (nSPS) is 11.0. The Hall–Kier alpha value is -2.35. The SMILES string of the molecule is CC(=O)CSc1n[nH]c(-c2ccc(-c3cn(C)nc3C)o2)n1. The van der Waals surface area contributed by atoms with Crippen molar-refractivity contribution in [2.45, 2.75) is 19.0 Å². The minimum absolute atomic E-state index is 0.0867. The molecule has 0 aliphatic heterocycles. The first-order valence-electron chi connectivity index (χ1n) is 6.68. The van der Waals surface area contributed by atoms with Crippen LogP contribution in [0.5, 0.6) is 0 Å². The van der Waals surface area contributed by atoms with Crippen LogP contribution in [0.25, 0.3) is 22.9 Å². The van der Waals surface area contributed by atoms with Gasteiger partial charge in [0.25, 0.3) is 0 Å². The van der Waals surface area contributed by atoms with Gasteiger partial charge in [-0.25, -0.2) is 0 Å². The Morgan fingerprint density at radius 2 is 2.18 bits per heavy atom. The molecule has 22 heavy (non-hydrogen) atoms. The van der Waals surface area contributed by atoms with Crippen LogP contribution in [0.2, 0.25) is 0 Å². The van der Waals surface area contributed by atoms with E-state index in [2.05, 4.69) is 20.3 Å². The van der Waals surface area contributed by atoms with E-state index in [1.165, 1.54) is 18.7 Å². The van der Waals surface area contributed by atoms with E-state index >= 15 is 0 Å². The Morgan fingerprint density at radius 1 is 1.41 bits per heavy atom. The number of carbonyl (C=O) groups excluding carboxylic acids is 1. The van der Waals surface area contributed by atoms with Gasteiger partial charge in [0.1, 0.15) is 11.5 Å². The molecule has 0 aromatic carbocycles. The highest BCUT2D eigenvalue weighted by atomic mass is 32.2. The maximum Gasteiger partial charge on any atom is 0.209 e. The number of thioether (sulfide) groups is 1. The van der Waals surface area contributed by atoms with Crippen LogP contribution in [0.3, 0.4) is 0 Å². The summed E-state index contributed by atoms with van der Waals surface area (Å²) in [4.78, 5) is 15.3. The second-order valence-electron chi connectivity index (χ2n) is 4.92. The first-order valence-corrected chi connectivity index (χ1v) is 7.67. The van der Waals surface area contributed by atoms with Crippen molar-refractivity contribution in [2.75, 3.05) is 5.75 Å². The number of H-pyrrole nitrogens is 1. The van der Waals surface area contributed by atoms with Gasteiger partial charge in [-0.2, -0.15) is 10.1 Å². The summed E-state index contributed by atoms with van der Waals surface area (Å²) < 4.78 is 7.57. The topological polar surface area (TPSA) is 89.6 Å². The van der Waals surface area contributed by atoms with E-state index in [0.29, 0.717) is 22.5 Å². The summed E-state index contributed by atoms with van der Waals surface area (Å²) in [5.74, 6) is 2.31. The smallest absolute Gasteiger partial charge is 0.209 e. The van der Waals surface area contributed by atoms with Gasteiger partial charge in [0.15, 0.2) is 11.6 Å². The van der Waals surface area contributed by atoms with Crippen LogP contribution in [0.1, 0.15) is 12.6 Å². The third kappa shape index (κ3) is 2.96. The molecule has 1 N–H and O–H groups in total. The summed E-state index contributed by atoms with van der Waals surface area (Å²) >= 11 is 1.29. The predicted octanol–water partition coefficient (Wildman–Crippen LogP) is 2.45. The first-order chi connectivity index (χ1) is 10.5. The first kappa shape index (κ1) is 14.6. The van der Waals surface area contributed by atoms with Crippen LogP contribution in [0.4, 0.5) is 0 Å². The van der Waals surface area contributed by atoms with E-state index in [-0.39, 0.29) is 5.78 Å². The minimum Gasteiger partial charge on any atom is -0.453 e. The fourth-order valence-electron chi connectivity index (χ4n) is 2.04. The van der Waals surface area contributed by atoms with Gasteiger partial charge >= 0.3 is 0 Å². The van der Waals surface area contributed by atoms with Gasteiger partial charge < -0.3 is 4.42 Å². The lowest BCUT2D eigenvalue weighted by Gasteiger charge is -1.93. The van der Waals surface area contributed by atoms with E-state index in [0.717, 1.165) is 17.0 Å². The molecular weight excluding hydrogens is 302 g/mol. The van der Waals surface area contributed by atoms with Gasteiger partial charge in [0.05, 0.1) is 17.0 Å². The van der Waals surface area contributed by atoms with Crippen LogP contribution >= 0.6 is 11.8 Å². The molecule has 0 saturated carbocycles. The highest BCUT2D eigenvalue weighted by Crippen LogP contribution is 2.29. The predicted molar refractivity (Wildman–Crippen MR) is 82.4 cm³/mol. The summed E-state index contributed by atoms with van der Waals surface area (Å²) in [5, 5.41) is 11.7. The molecule has 3 rings (SSSR count). The molecule has 8 heteroatoms. The van der Waals surface area contributed by atoms with Gasteiger partial charge in [-0.3, -0.25) is 14.6 Å². The average molecular weight is 317 g/mol. The molecule has 0 spiro atoms. The number of nitrogens with one attached hydrogen (secondary N) is 1. The molecule has 0 saturated heterocycles. The summed E-state index contributed by atoms with van der Waals surface area (Å²) in [5.41, 5.74) is 1.85. The Balaban J connectivity index is 1.82.